The van der Waals surface area contributed by atoms with Crippen LogP contribution in [-0.4, -0.2) is 46.9 Å². The monoisotopic (exact) mass is 418 g/mol. The van der Waals surface area contributed by atoms with Gasteiger partial charge in [0.25, 0.3) is 0 Å². The highest BCUT2D eigenvalue weighted by Gasteiger charge is 2.44. The maximum Gasteiger partial charge on any atom is 0.247 e. The first-order chi connectivity index (χ1) is 14.1. The molecule has 29 heavy (non-hydrogen) atoms. The lowest BCUT2D eigenvalue weighted by molar-refractivity contribution is -0.119. The molecule has 2 aromatic rings. The summed E-state index contributed by atoms with van der Waals surface area (Å²) in [5.41, 5.74) is 4.52. The molecule has 2 atom stereocenters. The van der Waals surface area contributed by atoms with E-state index in [4.69, 9.17) is 16.1 Å². The van der Waals surface area contributed by atoms with Gasteiger partial charge in [0.1, 0.15) is 6.17 Å². The summed E-state index contributed by atoms with van der Waals surface area (Å²) in [6.07, 6.45) is 3.29. The minimum atomic E-state index is -0.588. The van der Waals surface area contributed by atoms with Crippen molar-refractivity contribution < 1.29 is 13.7 Å². The summed E-state index contributed by atoms with van der Waals surface area (Å²) in [6, 6.07) is 4.65. The summed E-state index contributed by atoms with van der Waals surface area (Å²) in [6.45, 7) is 2.39. The standard InChI is InChI=1S/C19H20ClFN6O2/c20-13-3-1-2-11(16(13)21)17-25-19(29-26-17)12-9-23-27-14(8-15(28)24-18(12)27)10-4-6-22-7-5-10/h1-3,8,10,12,18,22-23H,4-7,9H2,(H,24,28). The van der Waals surface area contributed by atoms with E-state index >= 15 is 0 Å². The number of amides is 1. The Kier molecular flexibility index (Phi) is 4.73. The zero-order valence-corrected chi connectivity index (χ0v) is 16.2. The van der Waals surface area contributed by atoms with Crippen LogP contribution >= 0.6 is 11.6 Å². The number of hydrogen-bond acceptors (Lipinski definition) is 7. The van der Waals surface area contributed by atoms with E-state index in [-0.39, 0.29) is 34.4 Å². The number of hydrogen-bond donors (Lipinski definition) is 3. The second-order valence-corrected chi connectivity index (χ2v) is 7.85. The number of carbonyl (C=O) groups excluding carboxylic acids is 1. The van der Waals surface area contributed by atoms with Gasteiger partial charge < -0.3 is 15.2 Å². The molecule has 10 heteroatoms. The summed E-state index contributed by atoms with van der Waals surface area (Å²) in [5.74, 6) is -0.187. The van der Waals surface area contributed by atoms with Crippen molar-refractivity contribution in [2.75, 3.05) is 19.6 Å². The fraction of sp³-hybridized carbons (Fsp3) is 0.421. The van der Waals surface area contributed by atoms with Gasteiger partial charge in [-0.25, -0.2) is 9.82 Å². The number of aromatic nitrogens is 2. The lowest BCUT2D eigenvalue weighted by Crippen LogP contribution is -2.53. The summed E-state index contributed by atoms with van der Waals surface area (Å²) >= 11 is 5.86. The number of allylic oxidation sites excluding steroid dienone is 1. The molecule has 2 saturated heterocycles. The molecule has 0 aliphatic carbocycles. The zero-order valence-electron chi connectivity index (χ0n) is 15.5. The molecule has 2 fully saturated rings. The SMILES string of the molecule is O=C1C=C(C2CCNCC2)N2NCC(c3nc(-c4cccc(Cl)c4F)no3)C2N1. The van der Waals surface area contributed by atoms with E-state index in [9.17, 15) is 9.18 Å². The molecular weight excluding hydrogens is 399 g/mol. The van der Waals surface area contributed by atoms with Crippen LogP contribution in [0.25, 0.3) is 11.4 Å². The molecule has 4 heterocycles. The van der Waals surface area contributed by atoms with Crippen LogP contribution in [0.15, 0.2) is 34.5 Å². The van der Waals surface area contributed by atoms with Crippen LogP contribution in [0.5, 0.6) is 0 Å². The van der Waals surface area contributed by atoms with Gasteiger partial charge in [-0.3, -0.25) is 9.80 Å². The van der Waals surface area contributed by atoms with Crippen LogP contribution in [0.3, 0.4) is 0 Å². The van der Waals surface area contributed by atoms with Gasteiger partial charge in [-0.15, -0.1) is 0 Å². The van der Waals surface area contributed by atoms with Crippen molar-refractivity contribution in [3.05, 3.63) is 46.7 Å². The van der Waals surface area contributed by atoms with Gasteiger partial charge >= 0.3 is 0 Å². The Hall–Kier alpha value is -2.49. The molecule has 1 amide bonds. The second kappa shape index (κ2) is 7.40. The van der Waals surface area contributed by atoms with E-state index in [1.165, 1.54) is 6.07 Å². The van der Waals surface area contributed by atoms with Crippen LogP contribution < -0.4 is 16.1 Å². The maximum absolute atomic E-state index is 14.3. The number of nitrogens with one attached hydrogen (secondary N) is 3. The molecular formula is C19H20ClFN6O2. The van der Waals surface area contributed by atoms with Crippen molar-refractivity contribution in [3.63, 3.8) is 0 Å². The normalized spacial score (nSPS) is 25.0. The van der Waals surface area contributed by atoms with Gasteiger partial charge in [0.15, 0.2) is 5.82 Å². The topological polar surface area (TPSA) is 95.3 Å². The Balaban J connectivity index is 1.41. The first-order valence-corrected chi connectivity index (χ1v) is 10.0. The lowest BCUT2D eigenvalue weighted by Gasteiger charge is -2.38. The minimum Gasteiger partial charge on any atom is -0.338 e. The average molecular weight is 419 g/mol. The smallest absolute Gasteiger partial charge is 0.247 e. The van der Waals surface area contributed by atoms with Gasteiger partial charge in [0.2, 0.25) is 17.6 Å². The Morgan fingerprint density at radius 3 is 2.93 bits per heavy atom. The van der Waals surface area contributed by atoms with E-state index in [1.54, 1.807) is 18.2 Å². The van der Waals surface area contributed by atoms with E-state index < -0.39 is 5.82 Å². The largest absolute Gasteiger partial charge is 0.338 e. The third-order valence-corrected chi connectivity index (χ3v) is 5.99. The molecule has 152 valence electrons. The van der Waals surface area contributed by atoms with Gasteiger partial charge in [-0.1, -0.05) is 22.8 Å². The van der Waals surface area contributed by atoms with E-state index in [2.05, 4.69) is 26.2 Å². The van der Waals surface area contributed by atoms with Crippen LogP contribution in [0.2, 0.25) is 5.02 Å². The van der Waals surface area contributed by atoms with Crippen molar-refractivity contribution in [2.45, 2.75) is 24.9 Å². The maximum atomic E-state index is 14.3. The van der Waals surface area contributed by atoms with Crippen molar-refractivity contribution in [1.82, 2.24) is 31.2 Å². The summed E-state index contributed by atoms with van der Waals surface area (Å²) in [7, 11) is 0. The highest BCUT2D eigenvalue weighted by Crippen LogP contribution is 2.35. The Morgan fingerprint density at radius 2 is 2.10 bits per heavy atom. The third-order valence-electron chi connectivity index (χ3n) is 5.70. The van der Waals surface area contributed by atoms with Crippen LogP contribution in [0.1, 0.15) is 24.7 Å². The number of piperidine rings is 1. The van der Waals surface area contributed by atoms with Gasteiger partial charge in [-0.05, 0) is 38.1 Å². The van der Waals surface area contributed by atoms with E-state index in [0.29, 0.717) is 18.4 Å². The van der Waals surface area contributed by atoms with E-state index in [0.717, 1.165) is 31.6 Å². The first kappa shape index (κ1) is 18.5. The van der Waals surface area contributed by atoms with Crippen molar-refractivity contribution >= 4 is 17.5 Å². The number of rotatable bonds is 3. The Bertz CT molecular complexity index is 973. The summed E-state index contributed by atoms with van der Waals surface area (Å²) < 4.78 is 19.8. The van der Waals surface area contributed by atoms with Crippen LogP contribution in [0.4, 0.5) is 4.39 Å². The summed E-state index contributed by atoms with van der Waals surface area (Å²) in [4.78, 5) is 16.8. The van der Waals surface area contributed by atoms with Crippen molar-refractivity contribution in [3.8, 4) is 11.4 Å². The molecule has 0 saturated carbocycles. The fourth-order valence-electron chi connectivity index (χ4n) is 4.22. The number of benzene rings is 1. The van der Waals surface area contributed by atoms with E-state index in [1.807, 2.05) is 5.01 Å². The highest BCUT2D eigenvalue weighted by molar-refractivity contribution is 6.31. The minimum absolute atomic E-state index is 0.00106. The molecule has 0 bridgehead atoms. The molecule has 3 N–H and O–H groups in total. The zero-order chi connectivity index (χ0) is 20.0. The highest BCUT2D eigenvalue weighted by atomic mass is 35.5. The molecule has 8 nitrogen and oxygen atoms in total. The van der Waals surface area contributed by atoms with Gasteiger partial charge in [0.05, 0.1) is 16.5 Å². The molecule has 2 unspecified atom stereocenters. The van der Waals surface area contributed by atoms with Gasteiger partial charge in [0, 0.05) is 24.2 Å². The molecule has 5 rings (SSSR count). The third kappa shape index (κ3) is 3.29. The predicted molar refractivity (Wildman–Crippen MR) is 103 cm³/mol. The first-order valence-electron chi connectivity index (χ1n) is 9.65. The van der Waals surface area contributed by atoms with Gasteiger partial charge in [-0.2, -0.15) is 4.98 Å². The molecule has 1 aromatic carbocycles. The second-order valence-electron chi connectivity index (χ2n) is 7.44. The van der Waals surface area contributed by atoms with Crippen molar-refractivity contribution in [1.29, 1.82) is 0 Å². The molecule has 3 aliphatic heterocycles. The molecule has 1 aromatic heterocycles. The number of hydrazine groups is 1. The Morgan fingerprint density at radius 1 is 1.28 bits per heavy atom. The fourth-order valence-corrected chi connectivity index (χ4v) is 4.40. The molecule has 3 aliphatic rings. The summed E-state index contributed by atoms with van der Waals surface area (Å²) in [5, 5.41) is 12.3. The van der Waals surface area contributed by atoms with Crippen LogP contribution in [-0.2, 0) is 4.79 Å². The number of nitrogens with zero attached hydrogens (tertiary/aromatic N) is 3. The number of carbonyl (C=O) groups is 1. The molecule has 0 spiro atoms. The molecule has 0 radical (unpaired) electrons. The predicted octanol–water partition coefficient (Wildman–Crippen LogP) is 1.77. The number of halogens is 2. The number of fused-ring (bicyclic) bond motifs is 1. The quantitative estimate of drug-likeness (QED) is 0.699. The van der Waals surface area contributed by atoms with Crippen molar-refractivity contribution in [2.24, 2.45) is 5.92 Å². The lowest BCUT2D eigenvalue weighted by atomic mass is 9.92. The Labute approximate surface area is 171 Å². The average Bonchev–Trinajstić information content (AvgIpc) is 3.37. The van der Waals surface area contributed by atoms with Crippen LogP contribution in [0, 0.1) is 11.7 Å².